The van der Waals surface area contributed by atoms with Crippen LogP contribution >= 0.6 is 11.6 Å². The molecule has 0 saturated carbocycles. The number of aromatic nitrogens is 2. The fourth-order valence-electron chi connectivity index (χ4n) is 1.39. The molecule has 0 bridgehead atoms. The third-order valence-electron chi connectivity index (χ3n) is 2.27. The Morgan fingerprint density at radius 1 is 1.56 bits per heavy atom. The minimum atomic E-state index is -0.576. The second-order valence-corrected chi connectivity index (χ2v) is 3.90. The van der Waals surface area contributed by atoms with Crippen molar-refractivity contribution in [1.29, 1.82) is 0 Å². The number of aromatic amines is 1. The van der Waals surface area contributed by atoms with Gasteiger partial charge in [-0.1, -0.05) is 22.8 Å². The lowest BCUT2D eigenvalue weighted by molar-refractivity contribution is -0.388. The molecule has 94 valence electrons. The van der Waals surface area contributed by atoms with Crippen LogP contribution in [-0.2, 0) is 6.54 Å². The van der Waals surface area contributed by atoms with Gasteiger partial charge in [0.1, 0.15) is 12.0 Å². The molecule has 0 aliphatic rings. The van der Waals surface area contributed by atoms with Crippen LogP contribution in [0.2, 0.25) is 5.02 Å². The molecular formula is C10H8ClFN4O2. The summed E-state index contributed by atoms with van der Waals surface area (Å²) in [5, 5.41) is 19.3. The molecule has 6 nitrogen and oxygen atoms in total. The second-order valence-electron chi connectivity index (χ2n) is 3.49. The monoisotopic (exact) mass is 270 g/mol. The molecule has 18 heavy (non-hydrogen) atoms. The predicted molar refractivity (Wildman–Crippen MR) is 64.0 cm³/mol. The van der Waals surface area contributed by atoms with Crippen molar-refractivity contribution >= 4 is 23.1 Å². The van der Waals surface area contributed by atoms with Crippen molar-refractivity contribution in [2.45, 2.75) is 6.54 Å². The zero-order valence-electron chi connectivity index (χ0n) is 8.98. The first kappa shape index (κ1) is 12.3. The summed E-state index contributed by atoms with van der Waals surface area (Å²) in [7, 11) is 0. The maximum atomic E-state index is 12.9. The van der Waals surface area contributed by atoms with E-state index in [2.05, 4.69) is 15.5 Å². The molecule has 2 N–H and O–H groups in total. The van der Waals surface area contributed by atoms with E-state index < -0.39 is 10.7 Å². The molecule has 2 aromatic rings. The molecule has 0 radical (unpaired) electrons. The van der Waals surface area contributed by atoms with Crippen molar-refractivity contribution in [3.05, 3.63) is 50.9 Å². The van der Waals surface area contributed by atoms with Gasteiger partial charge < -0.3 is 15.4 Å². The largest absolute Gasteiger partial charge is 0.373 e. The van der Waals surface area contributed by atoms with Gasteiger partial charge in [0.15, 0.2) is 5.69 Å². The molecule has 0 saturated heterocycles. The van der Waals surface area contributed by atoms with E-state index in [1.54, 1.807) is 6.07 Å². The summed E-state index contributed by atoms with van der Waals surface area (Å²) in [6, 6.07) is 4.24. The second kappa shape index (κ2) is 5.01. The van der Waals surface area contributed by atoms with Gasteiger partial charge in [0.25, 0.3) is 0 Å². The average molecular weight is 271 g/mol. The van der Waals surface area contributed by atoms with E-state index in [1.165, 1.54) is 18.3 Å². The molecule has 0 aliphatic heterocycles. The van der Waals surface area contributed by atoms with E-state index in [-0.39, 0.29) is 23.1 Å². The molecule has 0 spiro atoms. The van der Waals surface area contributed by atoms with Crippen molar-refractivity contribution < 1.29 is 9.31 Å². The first-order chi connectivity index (χ1) is 8.58. The Bertz CT molecular complexity index is 587. The van der Waals surface area contributed by atoms with E-state index in [4.69, 9.17) is 11.6 Å². The normalized spacial score (nSPS) is 10.3. The fraction of sp³-hybridized carbons (Fsp3) is 0.100. The maximum absolute atomic E-state index is 12.9. The van der Waals surface area contributed by atoms with Gasteiger partial charge in [-0.2, -0.15) is 0 Å². The standard InChI is InChI=1S/C10H8ClFN4O2/c11-7-3-6(1-2-8(7)12)4-13-9-5-14-15-10(9)16(17)18/h1-3,5,13H,4H2,(H,14,15). The third kappa shape index (κ3) is 2.57. The van der Waals surface area contributed by atoms with Gasteiger partial charge >= 0.3 is 5.82 Å². The summed E-state index contributed by atoms with van der Waals surface area (Å²) in [4.78, 5) is 10.0. The zero-order chi connectivity index (χ0) is 13.1. The quantitative estimate of drug-likeness (QED) is 0.661. The van der Waals surface area contributed by atoms with Crippen LogP contribution in [0, 0.1) is 15.9 Å². The number of nitro groups is 1. The summed E-state index contributed by atoms with van der Waals surface area (Å²) in [6.07, 6.45) is 1.31. The van der Waals surface area contributed by atoms with Gasteiger partial charge in [-0.3, -0.25) is 0 Å². The number of hydrogen-bond donors (Lipinski definition) is 2. The fourth-order valence-corrected chi connectivity index (χ4v) is 1.60. The summed E-state index contributed by atoms with van der Waals surface area (Å²) < 4.78 is 12.9. The minimum Gasteiger partial charge on any atom is -0.373 e. The van der Waals surface area contributed by atoms with Crippen molar-refractivity contribution in [1.82, 2.24) is 10.2 Å². The highest BCUT2D eigenvalue weighted by Gasteiger charge is 2.14. The van der Waals surface area contributed by atoms with Gasteiger partial charge in [0.2, 0.25) is 0 Å². The van der Waals surface area contributed by atoms with Crippen LogP contribution in [0.5, 0.6) is 0 Å². The van der Waals surface area contributed by atoms with Crippen LogP contribution < -0.4 is 5.32 Å². The van der Waals surface area contributed by atoms with E-state index in [1.807, 2.05) is 0 Å². The number of nitrogens with zero attached hydrogens (tertiary/aromatic N) is 2. The average Bonchev–Trinajstić information content (AvgIpc) is 2.79. The molecule has 1 aromatic heterocycles. The minimum absolute atomic E-state index is 0.0102. The van der Waals surface area contributed by atoms with Crippen molar-refractivity contribution in [3.63, 3.8) is 0 Å². The number of halogens is 2. The summed E-state index contributed by atoms with van der Waals surface area (Å²) in [6.45, 7) is 0.278. The van der Waals surface area contributed by atoms with Gasteiger partial charge in [-0.05, 0) is 22.6 Å². The molecule has 0 fully saturated rings. The highest BCUT2D eigenvalue weighted by molar-refractivity contribution is 6.30. The van der Waals surface area contributed by atoms with Gasteiger partial charge in [-0.15, -0.1) is 5.10 Å². The number of anilines is 1. The number of nitrogens with one attached hydrogen (secondary N) is 2. The SMILES string of the molecule is O=[N+]([O-])c1[nH]ncc1NCc1ccc(F)c(Cl)c1. The summed E-state index contributed by atoms with van der Waals surface area (Å²) in [5.74, 6) is -0.724. The lowest BCUT2D eigenvalue weighted by atomic mass is 10.2. The Balaban J connectivity index is 2.09. The van der Waals surface area contributed by atoms with Crippen LogP contribution in [0.1, 0.15) is 5.56 Å². The molecule has 0 unspecified atom stereocenters. The lowest BCUT2D eigenvalue weighted by Gasteiger charge is -2.04. The molecular weight excluding hydrogens is 263 g/mol. The maximum Gasteiger partial charge on any atom is 0.366 e. The Labute approximate surface area is 106 Å². The van der Waals surface area contributed by atoms with Crippen LogP contribution in [0.25, 0.3) is 0 Å². The number of hydrogen-bond acceptors (Lipinski definition) is 4. The number of benzene rings is 1. The first-order valence-electron chi connectivity index (χ1n) is 4.93. The van der Waals surface area contributed by atoms with Crippen LogP contribution in [0.15, 0.2) is 24.4 Å². The smallest absolute Gasteiger partial charge is 0.366 e. The molecule has 1 heterocycles. The molecule has 0 atom stereocenters. The molecule has 2 rings (SSSR count). The van der Waals surface area contributed by atoms with Gasteiger partial charge in [-0.25, -0.2) is 4.39 Å². The highest BCUT2D eigenvalue weighted by Crippen LogP contribution is 2.21. The number of rotatable bonds is 4. The number of H-pyrrole nitrogens is 1. The van der Waals surface area contributed by atoms with E-state index in [0.717, 1.165) is 0 Å². The molecule has 0 amide bonds. The van der Waals surface area contributed by atoms with Crippen LogP contribution in [0.4, 0.5) is 15.9 Å². The Morgan fingerprint density at radius 2 is 2.33 bits per heavy atom. The Hall–Kier alpha value is -2.15. The Morgan fingerprint density at radius 3 is 3.00 bits per heavy atom. The lowest BCUT2D eigenvalue weighted by Crippen LogP contribution is -2.01. The highest BCUT2D eigenvalue weighted by atomic mass is 35.5. The van der Waals surface area contributed by atoms with Gasteiger partial charge in [0, 0.05) is 6.54 Å². The van der Waals surface area contributed by atoms with Crippen LogP contribution in [-0.4, -0.2) is 15.1 Å². The zero-order valence-corrected chi connectivity index (χ0v) is 9.74. The van der Waals surface area contributed by atoms with Crippen LogP contribution in [0.3, 0.4) is 0 Å². The topological polar surface area (TPSA) is 83.8 Å². The molecule has 1 aromatic carbocycles. The molecule has 0 aliphatic carbocycles. The van der Waals surface area contributed by atoms with Crippen molar-refractivity contribution in [2.24, 2.45) is 0 Å². The predicted octanol–water partition coefficient (Wildman–Crippen LogP) is 2.72. The van der Waals surface area contributed by atoms with E-state index >= 15 is 0 Å². The third-order valence-corrected chi connectivity index (χ3v) is 2.56. The van der Waals surface area contributed by atoms with E-state index in [0.29, 0.717) is 5.56 Å². The summed E-state index contributed by atoms with van der Waals surface area (Å²) in [5.41, 5.74) is 0.970. The van der Waals surface area contributed by atoms with Crippen molar-refractivity contribution in [2.75, 3.05) is 5.32 Å². The first-order valence-corrected chi connectivity index (χ1v) is 5.31. The molecule has 8 heteroatoms. The van der Waals surface area contributed by atoms with Gasteiger partial charge in [0.05, 0.1) is 5.02 Å². The summed E-state index contributed by atoms with van der Waals surface area (Å²) >= 11 is 5.63. The van der Waals surface area contributed by atoms with E-state index in [9.17, 15) is 14.5 Å². The Kier molecular flexibility index (Phi) is 3.42. The van der Waals surface area contributed by atoms with Crippen molar-refractivity contribution in [3.8, 4) is 0 Å².